The Morgan fingerprint density at radius 1 is 1.00 bits per heavy atom. The van der Waals surface area contributed by atoms with Crippen molar-refractivity contribution in [3.63, 3.8) is 0 Å². The van der Waals surface area contributed by atoms with Crippen LogP contribution in [0, 0.1) is 6.92 Å². The molecule has 4 heteroatoms. The Balaban J connectivity index is 1.77. The van der Waals surface area contributed by atoms with Crippen molar-refractivity contribution in [2.45, 2.75) is 39.7 Å². The van der Waals surface area contributed by atoms with Crippen LogP contribution in [0.5, 0.6) is 0 Å². The molecule has 0 saturated carbocycles. The molecule has 0 saturated heterocycles. The first-order valence-corrected chi connectivity index (χ1v) is 10.4. The van der Waals surface area contributed by atoms with Crippen LogP contribution in [0.25, 0.3) is 11.0 Å². The first-order chi connectivity index (χ1) is 14.5. The second-order valence-electron chi connectivity index (χ2n) is 7.80. The standard InChI is InChI=1S/C26H26N2O2/c1-3-7-19-10-11-22(18(2)14-19)17-28-24-13-12-21(26(29)30)16-23(24)27-25(28)15-20-8-5-4-6-9-20/h4-6,8-14,16H,3,7,15,17H2,1-2H3,(H,29,30). The fourth-order valence-corrected chi connectivity index (χ4v) is 3.95. The van der Waals surface area contributed by atoms with Crippen molar-refractivity contribution in [1.29, 1.82) is 0 Å². The van der Waals surface area contributed by atoms with Crippen molar-refractivity contribution >= 4 is 17.0 Å². The Morgan fingerprint density at radius 3 is 2.50 bits per heavy atom. The molecule has 152 valence electrons. The number of nitrogens with zero attached hydrogens (tertiary/aromatic N) is 2. The fourth-order valence-electron chi connectivity index (χ4n) is 3.95. The molecule has 0 radical (unpaired) electrons. The van der Waals surface area contributed by atoms with Crippen LogP contribution >= 0.6 is 0 Å². The molecule has 0 aliphatic heterocycles. The summed E-state index contributed by atoms with van der Waals surface area (Å²) in [6.45, 7) is 5.07. The van der Waals surface area contributed by atoms with E-state index < -0.39 is 5.97 Å². The van der Waals surface area contributed by atoms with Crippen LogP contribution in [-0.4, -0.2) is 20.6 Å². The predicted octanol–water partition coefficient (Wildman–Crippen LogP) is 5.63. The lowest BCUT2D eigenvalue weighted by Crippen LogP contribution is -2.07. The van der Waals surface area contributed by atoms with Crippen molar-refractivity contribution in [2.24, 2.45) is 0 Å². The largest absolute Gasteiger partial charge is 0.478 e. The van der Waals surface area contributed by atoms with Crippen molar-refractivity contribution < 1.29 is 9.90 Å². The van der Waals surface area contributed by atoms with Gasteiger partial charge in [-0.3, -0.25) is 0 Å². The van der Waals surface area contributed by atoms with E-state index in [2.05, 4.69) is 48.7 Å². The SMILES string of the molecule is CCCc1ccc(Cn2c(Cc3ccccc3)nc3cc(C(=O)O)ccc32)c(C)c1. The third-order valence-corrected chi connectivity index (χ3v) is 5.55. The Morgan fingerprint density at radius 2 is 1.80 bits per heavy atom. The fraction of sp³-hybridized carbons (Fsp3) is 0.231. The minimum atomic E-state index is -0.932. The van der Waals surface area contributed by atoms with Gasteiger partial charge < -0.3 is 9.67 Å². The van der Waals surface area contributed by atoms with Gasteiger partial charge in [0.25, 0.3) is 0 Å². The highest BCUT2D eigenvalue weighted by Gasteiger charge is 2.15. The average Bonchev–Trinajstić information content (AvgIpc) is 3.07. The molecule has 0 fully saturated rings. The Kier molecular flexibility index (Phi) is 5.66. The maximum atomic E-state index is 11.4. The predicted molar refractivity (Wildman–Crippen MR) is 120 cm³/mol. The lowest BCUT2D eigenvalue weighted by Gasteiger charge is -2.13. The summed E-state index contributed by atoms with van der Waals surface area (Å²) < 4.78 is 2.22. The molecule has 0 spiro atoms. The van der Waals surface area contributed by atoms with Crippen molar-refractivity contribution in [3.8, 4) is 0 Å². The highest BCUT2D eigenvalue weighted by Crippen LogP contribution is 2.23. The van der Waals surface area contributed by atoms with Crippen LogP contribution in [0.3, 0.4) is 0 Å². The normalized spacial score (nSPS) is 11.1. The van der Waals surface area contributed by atoms with Gasteiger partial charge >= 0.3 is 5.97 Å². The number of rotatable bonds is 7. The average molecular weight is 399 g/mol. The molecule has 0 amide bonds. The summed E-state index contributed by atoms with van der Waals surface area (Å²) >= 11 is 0. The number of carbonyl (C=O) groups is 1. The van der Waals surface area contributed by atoms with Gasteiger partial charge in [0, 0.05) is 13.0 Å². The van der Waals surface area contributed by atoms with Crippen LogP contribution in [0.1, 0.15) is 51.8 Å². The van der Waals surface area contributed by atoms with Crippen molar-refractivity contribution in [2.75, 3.05) is 0 Å². The van der Waals surface area contributed by atoms with Gasteiger partial charge in [-0.2, -0.15) is 0 Å². The molecule has 1 heterocycles. The maximum Gasteiger partial charge on any atom is 0.335 e. The number of aryl methyl sites for hydroxylation is 2. The van der Waals surface area contributed by atoms with Gasteiger partial charge in [0.2, 0.25) is 0 Å². The zero-order valence-corrected chi connectivity index (χ0v) is 17.4. The number of aromatic nitrogens is 2. The van der Waals surface area contributed by atoms with Crippen LogP contribution in [0.15, 0.2) is 66.7 Å². The number of carboxylic acid groups (broad SMARTS) is 1. The van der Waals surface area contributed by atoms with Gasteiger partial charge in [-0.25, -0.2) is 9.78 Å². The van der Waals surface area contributed by atoms with Gasteiger partial charge in [0.1, 0.15) is 5.82 Å². The number of imidazole rings is 1. The highest BCUT2D eigenvalue weighted by molar-refractivity contribution is 5.92. The maximum absolute atomic E-state index is 11.4. The number of carboxylic acids is 1. The van der Waals surface area contributed by atoms with Crippen molar-refractivity contribution in [3.05, 3.63) is 100 Å². The molecule has 0 unspecified atom stereocenters. The zero-order chi connectivity index (χ0) is 21.1. The lowest BCUT2D eigenvalue weighted by molar-refractivity contribution is 0.0697. The van der Waals surface area contributed by atoms with Gasteiger partial charge in [-0.1, -0.05) is 61.9 Å². The molecule has 0 bridgehead atoms. The first-order valence-electron chi connectivity index (χ1n) is 10.4. The van der Waals surface area contributed by atoms with Crippen LogP contribution in [0.4, 0.5) is 0 Å². The molecule has 1 aromatic heterocycles. The highest BCUT2D eigenvalue weighted by atomic mass is 16.4. The van der Waals surface area contributed by atoms with E-state index in [-0.39, 0.29) is 5.56 Å². The van der Waals surface area contributed by atoms with E-state index in [1.165, 1.54) is 22.3 Å². The summed E-state index contributed by atoms with van der Waals surface area (Å²) in [5.74, 6) is 0.00851. The molecule has 30 heavy (non-hydrogen) atoms. The summed E-state index contributed by atoms with van der Waals surface area (Å²) in [5.41, 5.74) is 7.02. The van der Waals surface area contributed by atoms with Crippen LogP contribution in [-0.2, 0) is 19.4 Å². The monoisotopic (exact) mass is 398 g/mol. The number of hydrogen-bond acceptors (Lipinski definition) is 2. The van der Waals surface area contributed by atoms with Crippen molar-refractivity contribution in [1.82, 2.24) is 9.55 Å². The second kappa shape index (κ2) is 8.54. The lowest BCUT2D eigenvalue weighted by atomic mass is 10.0. The summed E-state index contributed by atoms with van der Waals surface area (Å²) in [5, 5.41) is 9.36. The number of aromatic carboxylic acids is 1. The van der Waals surface area contributed by atoms with E-state index in [1.807, 2.05) is 24.3 Å². The van der Waals surface area contributed by atoms with E-state index >= 15 is 0 Å². The van der Waals surface area contributed by atoms with E-state index in [4.69, 9.17) is 4.98 Å². The Labute approximate surface area is 176 Å². The third kappa shape index (κ3) is 4.13. The molecule has 0 atom stereocenters. The quantitative estimate of drug-likeness (QED) is 0.439. The molecule has 1 N–H and O–H groups in total. The van der Waals surface area contributed by atoms with Crippen LogP contribution < -0.4 is 0 Å². The first kappa shape index (κ1) is 19.9. The molecular weight excluding hydrogens is 372 g/mol. The van der Waals surface area contributed by atoms with E-state index in [9.17, 15) is 9.90 Å². The molecule has 0 aliphatic carbocycles. The van der Waals surface area contributed by atoms with Gasteiger partial charge in [0.05, 0.1) is 16.6 Å². The number of benzene rings is 3. The van der Waals surface area contributed by atoms with E-state index in [1.54, 1.807) is 12.1 Å². The Hall–Kier alpha value is -3.40. The number of hydrogen-bond donors (Lipinski definition) is 1. The van der Waals surface area contributed by atoms with Gasteiger partial charge in [-0.15, -0.1) is 0 Å². The summed E-state index contributed by atoms with van der Waals surface area (Å²) in [7, 11) is 0. The molecule has 4 aromatic rings. The molecular formula is C26H26N2O2. The smallest absolute Gasteiger partial charge is 0.335 e. The van der Waals surface area contributed by atoms with Gasteiger partial charge in [-0.05, 0) is 53.8 Å². The van der Waals surface area contributed by atoms with Crippen LogP contribution in [0.2, 0.25) is 0 Å². The van der Waals surface area contributed by atoms with Gasteiger partial charge in [0.15, 0.2) is 0 Å². The topological polar surface area (TPSA) is 55.1 Å². The molecule has 4 rings (SSSR count). The second-order valence-corrected chi connectivity index (χ2v) is 7.80. The summed E-state index contributed by atoms with van der Waals surface area (Å²) in [4.78, 5) is 16.2. The molecule has 3 aromatic carbocycles. The van der Waals surface area contributed by atoms with E-state index in [0.29, 0.717) is 13.0 Å². The zero-order valence-electron chi connectivity index (χ0n) is 17.4. The minimum Gasteiger partial charge on any atom is -0.478 e. The molecule has 4 nitrogen and oxygen atoms in total. The summed E-state index contributed by atoms with van der Waals surface area (Å²) in [6.07, 6.45) is 2.93. The molecule has 0 aliphatic rings. The third-order valence-electron chi connectivity index (χ3n) is 5.55. The number of fused-ring (bicyclic) bond motifs is 1. The summed E-state index contributed by atoms with van der Waals surface area (Å²) in [6, 6.07) is 22.2. The Bertz CT molecular complexity index is 1190. The minimum absolute atomic E-state index is 0.263. The van der Waals surface area contributed by atoms with E-state index in [0.717, 1.165) is 29.7 Å².